The molecule has 0 saturated carbocycles. The fourth-order valence-electron chi connectivity index (χ4n) is 3.32. The van der Waals surface area contributed by atoms with Crippen molar-refractivity contribution in [1.29, 1.82) is 0 Å². The highest BCUT2D eigenvalue weighted by molar-refractivity contribution is 7.99. The molecule has 4 nitrogen and oxygen atoms in total. The van der Waals surface area contributed by atoms with Crippen LogP contribution in [0.25, 0.3) is 0 Å². The summed E-state index contributed by atoms with van der Waals surface area (Å²) >= 11 is 3.29. The molecule has 1 aliphatic rings. The van der Waals surface area contributed by atoms with Crippen LogP contribution < -0.4 is 11.1 Å². The van der Waals surface area contributed by atoms with Crippen molar-refractivity contribution in [3.05, 3.63) is 45.8 Å². The van der Waals surface area contributed by atoms with E-state index in [1.54, 1.807) is 11.8 Å². The summed E-state index contributed by atoms with van der Waals surface area (Å²) in [5.74, 6) is 0.471. The zero-order valence-corrected chi connectivity index (χ0v) is 16.6. The van der Waals surface area contributed by atoms with Crippen molar-refractivity contribution in [2.24, 2.45) is 5.73 Å². The van der Waals surface area contributed by atoms with E-state index in [4.69, 9.17) is 5.73 Å². The number of benzene rings is 1. The number of anilines is 1. The number of thiophene rings is 1. The van der Waals surface area contributed by atoms with Gasteiger partial charge in [0.25, 0.3) is 5.91 Å². The lowest BCUT2D eigenvalue weighted by atomic mass is 10.1. The molecule has 2 amide bonds. The first-order valence-corrected chi connectivity index (χ1v) is 10.8. The Morgan fingerprint density at radius 1 is 1.15 bits per heavy atom. The number of aryl methyl sites for hydroxylation is 1. The molecule has 3 N–H and O–H groups in total. The molecule has 0 fully saturated rings. The molecule has 0 atom stereocenters. The molecular formula is C20H24N2O2S2. The van der Waals surface area contributed by atoms with Gasteiger partial charge in [0, 0.05) is 9.77 Å². The predicted molar refractivity (Wildman–Crippen MR) is 109 cm³/mol. The summed E-state index contributed by atoms with van der Waals surface area (Å²) in [6.45, 7) is 2.12. The summed E-state index contributed by atoms with van der Waals surface area (Å²) in [6.07, 6.45) is 5.50. The van der Waals surface area contributed by atoms with Crippen molar-refractivity contribution in [2.75, 3.05) is 11.1 Å². The van der Waals surface area contributed by atoms with Crippen LogP contribution in [0, 0.1) is 0 Å². The Balaban J connectivity index is 1.73. The molecule has 3 rings (SSSR count). The van der Waals surface area contributed by atoms with Crippen molar-refractivity contribution in [3.63, 3.8) is 0 Å². The zero-order valence-electron chi connectivity index (χ0n) is 15.0. The van der Waals surface area contributed by atoms with E-state index in [0.29, 0.717) is 10.6 Å². The first kappa shape index (κ1) is 19.0. The summed E-state index contributed by atoms with van der Waals surface area (Å²) in [4.78, 5) is 26.9. The van der Waals surface area contributed by atoms with Gasteiger partial charge in [-0.25, -0.2) is 0 Å². The monoisotopic (exact) mass is 388 g/mol. The van der Waals surface area contributed by atoms with Crippen molar-refractivity contribution >= 4 is 39.9 Å². The Morgan fingerprint density at radius 2 is 1.88 bits per heavy atom. The average molecular weight is 389 g/mol. The van der Waals surface area contributed by atoms with Crippen LogP contribution in [0.5, 0.6) is 0 Å². The Kier molecular flexibility index (Phi) is 6.38. The van der Waals surface area contributed by atoms with Crippen molar-refractivity contribution in [1.82, 2.24) is 0 Å². The second kappa shape index (κ2) is 8.73. The summed E-state index contributed by atoms with van der Waals surface area (Å²) in [5.41, 5.74) is 8.16. The minimum atomic E-state index is -0.444. The molecule has 26 heavy (non-hydrogen) atoms. The van der Waals surface area contributed by atoms with E-state index in [1.165, 1.54) is 27.5 Å². The van der Waals surface area contributed by atoms with Crippen LogP contribution in [-0.4, -0.2) is 17.6 Å². The van der Waals surface area contributed by atoms with Crippen molar-refractivity contribution < 1.29 is 9.59 Å². The normalized spacial score (nSPS) is 13.7. The summed E-state index contributed by atoms with van der Waals surface area (Å²) in [5, 5.41) is 3.55. The van der Waals surface area contributed by atoms with Gasteiger partial charge in [-0.2, -0.15) is 0 Å². The van der Waals surface area contributed by atoms with Crippen LogP contribution in [0.1, 0.15) is 52.5 Å². The lowest BCUT2D eigenvalue weighted by molar-refractivity contribution is -0.115. The predicted octanol–water partition coefficient (Wildman–Crippen LogP) is 4.41. The van der Waals surface area contributed by atoms with Gasteiger partial charge in [-0.3, -0.25) is 9.59 Å². The summed E-state index contributed by atoms with van der Waals surface area (Å²) < 4.78 is 0. The van der Waals surface area contributed by atoms with E-state index in [-0.39, 0.29) is 12.3 Å². The third kappa shape index (κ3) is 4.48. The van der Waals surface area contributed by atoms with E-state index in [0.717, 1.165) is 42.6 Å². The summed E-state index contributed by atoms with van der Waals surface area (Å²) in [6, 6.07) is 8.05. The number of rotatable bonds is 6. The highest BCUT2D eigenvalue weighted by atomic mass is 32.2. The van der Waals surface area contributed by atoms with E-state index in [9.17, 15) is 9.59 Å². The van der Waals surface area contributed by atoms with Gasteiger partial charge in [-0.1, -0.05) is 25.5 Å². The number of nitrogens with two attached hydrogens (primary N) is 1. The maximum Gasteiger partial charge on any atom is 0.251 e. The Morgan fingerprint density at radius 3 is 2.58 bits per heavy atom. The largest absolute Gasteiger partial charge is 0.365 e. The number of carbonyl (C=O) groups excluding carboxylic acids is 2. The number of primary amides is 1. The zero-order chi connectivity index (χ0) is 18.5. The van der Waals surface area contributed by atoms with Gasteiger partial charge in [0.2, 0.25) is 5.91 Å². The first-order valence-electron chi connectivity index (χ1n) is 9.04. The van der Waals surface area contributed by atoms with E-state index in [2.05, 4.69) is 12.2 Å². The number of thioether (sulfide) groups is 1. The molecule has 0 unspecified atom stereocenters. The second-order valence-electron chi connectivity index (χ2n) is 6.43. The molecule has 1 heterocycles. The lowest BCUT2D eigenvalue weighted by Gasteiger charge is -2.07. The van der Waals surface area contributed by atoms with Gasteiger partial charge in [-0.15, -0.1) is 23.1 Å². The minimum absolute atomic E-state index is 0.111. The van der Waals surface area contributed by atoms with E-state index < -0.39 is 5.91 Å². The molecule has 0 saturated heterocycles. The highest BCUT2D eigenvalue weighted by Gasteiger charge is 2.24. The smallest absolute Gasteiger partial charge is 0.251 e. The fraction of sp³-hybridized carbons (Fsp3) is 0.400. The maximum absolute atomic E-state index is 12.5. The van der Waals surface area contributed by atoms with Crippen molar-refractivity contribution in [2.45, 2.75) is 50.3 Å². The van der Waals surface area contributed by atoms with E-state index >= 15 is 0 Å². The summed E-state index contributed by atoms with van der Waals surface area (Å²) in [7, 11) is 0. The molecule has 0 aliphatic heterocycles. The standard InChI is InChI=1S/C20H24N2O2S2/c1-2-25-14-10-8-13(9-11-14)12-17(23)22-20-18(19(21)24)15-6-4-3-5-7-16(15)26-20/h8-11H,2-7,12H2,1H3,(H2,21,24)(H,22,23). The van der Waals surface area contributed by atoms with Gasteiger partial charge in [0.05, 0.1) is 12.0 Å². The molecule has 2 aromatic rings. The van der Waals surface area contributed by atoms with Crippen LogP contribution in [0.3, 0.4) is 0 Å². The molecule has 1 aromatic carbocycles. The van der Waals surface area contributed by atoms with Gasteiger partial charge < -0.3 is 11.1 Å². The molecule has 6 heteroatoms. The SMILES string of the molecule is CCSc1ccc(CC(=O)Nc2sc3c(c2C(N)=O)CCCCC3)cc1. The van der Waals surface area contributed by atoms with Gasteiger partial charge in [-0.05, 0) is 54.7 Å². The van der Waals surface area contributed by atoms with Crippen LogP contribution in [-0.2, 0) is 24.1 Å². The van der Waals surface area contributed by atoms with Crippen LogP contribution in [0.15, 0.2) is 29.2 Å². The number of nitrogens with one attached hydrogen (secondary N) is 1. The number of carbonyl (C=O) groups is 2. The Labute approximate surface area is 162 Å². The van der Waals surface area contributed by atoms with E-state index in [1.807, 2.05) is 24.3 Å². The van der Waals surface area contributed by atoms with Crippen LogP contribution in [0.2, 0.25) is 0 Å². The van der Waals surface area contributed by atoms with Crippen LogP contribution >= 0.6 is 23.1 Å². The fourth-order valence-corrected chi connectivity index (χ4v) is 5.29. The maximum atomic E-state index is 12.5. The quantitative estimate of drug-likeness (QED) is 0.569. The molecule has 1 aromatic heterocycles. The lowest BCUT2D eigenvalue weighted by Crippen LogP contribution is -2.19. The van der Waals surface area contributed by atoms with Gasteiger partial charge in [0.15, 0.2) is 0 Å². The van der Waals surface area contributed by atoms with Gasteiger partial charge >= 0.3 is 0 Å². The molecule has 0 bridgehead atoms. The number of hydrogen-bond donors (Lipinski definition) is 2. The third-order valence-corrected chi connectivity index (χ3v) is 6.62. The Hall–Kier alpha value is -1.79. The average Bonchev–Trinajstić information content (AvgIpc) is 2.78. The number of hydrogen-bond acceptors (Lipinski definition) is 4. The number of fused-ring (bicyclic) bond motifs is 1. The van der Waals surface area contributed by atoms with Crippen molar-refractivity contribution in [3.8, 4) is 0 Å². The van der Waals surface area contributed by atoms with Gasteiger partial charge in [0.1, 0.15) is 5.00 Å². The molecular weight excluding hydrogens is 364 g/mol. The topological polar surface area (TPSA) is 72.2 Å². The molecule has 0 spiro atoms. The number of amides is 2. The van der Waals surface area contributed by atoms with Crippen LogP contribution in [0.4, 0.5) is 5.00 Å². The second-order valence-corrected chi connectivity index (χ2v) is 8.88. The third-order valence-electron chi connectivity index (χ3n) is 4.52. The minimum Gasteiger partial charge on any atom is -0.365 e. The highest BCUT2D eigenvalue weighted by Crippen LogP contribution is 2.37. The molecule has 138 valence electrons. The molecule has 1 aliphatic carbocycles. The molecule has 0 radical (unpaired) electrons. The Bertz CT molecular complexity index is 797. The first-order chi connectivity index (χ1) is 12.6.